The lowest BCUT2D eigenvalue weighted by molar-refractivity contribution is 0.165. The van der Waals surface area contributed by atoms with Crippen LogP contribution in [0, 0.1) is 5.92 Å². The van der Waals surface area contributed by atoms with E-state index in [-0.39, 0.29) is 0 Å². The molecule has 1 aromatic rings. The predicted octanol–water partition coefficient (Wildman–Crippen LogP) is 3.00. The molecule has 1 fully saturated rings. The smallest absolute Gasteiger partial charge is 0.217 e. The Bertz CT molecular complexity index is 356. The molecule has 0 saturated carbocycles. The van der Waals surface area contributed by atoms with Crippen LogP contribution in [0.3, 0.4) is 0 Å². The zero-order valence-electron chi connectivity index (χ0n) is 8.79. The van der Waals surface area contributed by atoms with Gasteiger partial charge in [-0.25, -0.2) is 4.98 Å². The van der Waals surface area contributed by atoms with E-state index in [1.807, 2.05) is 6.07 Å². The van der Waals surface area contributed by atoms with E-state index in [2.05, 4.69) is 20.9 Å². The number of aromatic nitrogens is 1. The monoisotopic (exact) mass is 305 g/mol. The van der Waals surface area contributed by atoms with Crippen LogP contribution in [-0.4, -0.2) is 24.8 Å². The van der Waals surface area contributed by atoms with E-state index in [0.717, 1.165) is 29.7 Å². The van der Waals surface area contributed by atoms with Crippen molar-refractivity contribution in [1.29, 1.82) is 0 Å². The van der Waals surface area contributed by atoms with E-state index in [1.54, 1.807) is 6.20 Å². The van der Waals surface area contributed by atoms with Crippen molar-refractivity contribution in [3.63, 3.8) is 0 Å². The first-order chi connectivity index (χ1) is 7.79. The molecule has 0 spiro atoms. The van der Waals surface area contributed by atoms with Crippen molar-refractivity contribution >= 4 is 27.5 Å². The van der Waals surface area contributed by atoms with Crippen LogP contribution in [0.5, 0.6) is 5.88 Å². The van der Waals surface area contributed by atoms with Gasteiger partial charge in [-0.1, -0.05) is 0 Å². The molecule has 0 aromatic carbocycles. The van der Waals surface area contributed by atoms with Crippen LogP contribution < -0.4 is 4.74 Å². The van der Waals surface area contributed by atoms with Crippen molar-refractivity contribution in [2.75, 3.05) is 19.8 Å². The number of hydrogen-bond acceptors (Lipinski definition) is 3. The molecule has 0 N–H and O–H groups in total. The van der Waals surface area contributed by atoms with Gasteiger partial charge in [0.15, 0.2) is 0 Å². The summed E-state index contributed by atoms with van der Waals surface area (Å²) in [5.74, 6) is 1.52. The summed E-state index contributed by atoms with van der Waals surface area (Å²) in [7, 11) is 0. The maximum absolute atomic E-state index is 5.83. The number of ether oxygens (including phenoxy) is 2. The molecule has 0 bridgehead atoms. The highest BCUT2D eigenvalue weighted by Crippen LogP contribution is 2.23. The summed E-state index contributed by atoms with van der Waals surface area (Å²) in [6.07, 6.45) is 2.78. The molecule has 0 aliphatic carbocycles. The molecule has 88 valence electrons. The fraction of sp³-hybridized carbons (Fsp3) is 0.545. The molecule has 5 heteroatoms. The third kappa shape index (κ3) is 3.09. The number of nitrogens with zero attached hydrogens (tertiary/aromatic N) is 1. The minimum absolute atomic E-state index is 0.406. The summed E-state index contributed by atoms with van der Waals surface area (Å²) in [6, 6.07) is 1.93. The quantitative estimate of drug-likeness (QED) is 0.801. The third-order valence-electron chi connectivity index (χ3n) is 2.52. The summed E-state index contributed by atoms with van der Waals surface area (Å²) in [4.78, 5) is 4.22. The molecule has 0 amide bonds. The maximum Gasteiger partial charge on any atom is 0.217 e. The number of rotatable bonds is 4. The fourth-order valence-electron chi connectivity index (χ4n) is 1.61. The van der Waals surface area contributed by atoms with Crippen molar-refractivity contribution in [2.45, 2.75) is 12.3 Å². The molecule has 1 saturated heterocycles. The van der Waals surface area contributed by atoms with Crippen LogP contribution in [-0.2, 0) is 10.6 Å². The third-order valence-corrected chi connectivity index (χ3v) is 3.24. The fourth-order valence-corrected chi connectivity index (χ4v) is 2.18. The Balaban J connectivity index is 1.97. The predicted molar refractivity (Wildman–Crippen MR) is 65.9 cm³/mol. The number of pyridine rings is 1. The van der Waals surface area contributed by atoms with Gasteiger partial charge in [-0.05, 0) is 28.4 Å². The molecule has 16 heavy (non-hydrogen) atoms. The van der Waals surface area contributed by atoms with E-state index < -0.39 is 0 Å². The van der Waals surface area contributed by atoms with Crippen molar-refractivity contribution in [1.82, 2.24) is 4.98 Å². The Kier molecular flexibility index (Phi) is 4.44. The highest BCUT2D eigenvalue weighted by Gasteiger charge is 2.17. The van der Waals surface area contributed by atoms with Crippen LogP contribution in [0.2, 0.25) is 0 Å². The second-order valence-electron chi connectivity index (χ2n) is 3.79. The van der Waals surface area contributed by atoms with Crippen LogP contribution in [0.25, 0.3) is 0 Å². The van der Waals surface area contributed by atoms with Crippen molar-refractivity contribution in [3.8, 4) is 5.88 Å². The Morgan fingerprint density at radius 2 is 2.50 bits per heavy atom. The van der Waals surface area contributed by atoms with Crippen LogP contribution in [0.1, 0.15) is 12.0 Å². The zero-order valence-corrected chi connectivity index (χ0v) is 11.1. The Morgan fingerprint density at radius 3 is 3.19 bits per heavy atom. The minimum atomic E-state index is 0.406. The van der Waals surface area contributed by atoms with Gasteiger partial charge in [0.05, 0.1) is 19.1 Å². The van der Waals surface area contributed by atoms with E-state index in [4.69, 9.17) is 21.1 Å². The Hall–Kier alpha value is -0.320. The zero-order chi connectivity index (χ0) is 11.4. The van der Waals surface area contributed by atoms with Gasteiger partial charge in [0.2, 0.25) is 5.88 Å². The summed E-state index contributed by atoms with van der Waals surface area (Å²) >= 11 is 9.19. The summed E-state index contributed by atoms with van der Waals surface area (Å²) < 4.78 is 11.9. The Labute approximate surface area is 108 Å². The SMILES string of the molecule is ClCc1cc(Br)cnc1OCC1CCOC1. The van der Waals surface area contributed by atoms with E-state index in [1.165, 1.54) is 0 Å². The molecule has 1 aliphatic rings. The molecular weight excluding hydrogens is 293 g/mol. The van der Waals surface area contributed by atoms with Gasteiger partial charge in [-0.2, -0.15) is 0 Å². The second kappa shape index (κ2) is 5.84. The lowest BCUT2D eigenvalue weighted by atomic mass is 10.1. The normalized spacial score (nSPS) is 20.0. The van der Waals surface area contributed by atoms with E-state index >= 15 is 0 Å². The molecule has 2 heterocycles. The first-order valence-corrected chi connectivity index (χ1v) is 6.53. The summed E-state index contributed by atoms with van der Waals surface area (Å²) in [5, 5.41) is 0. The number of hydrogen-bond donors (Lipinski definition) is 0. The Morgan fingerprint density at radius 1 is 1.62 bits per heavy atom. The van der Waals surface area contributed by atoms with E-state index in [0.29, 0.717) is 24.3 Å². The van der Waals surface area contributed by atoms with Gasteiger partial charge >= 0.3 is 0 Å². The lowest BCUT2D eigenvalue weighted by Crippen LogP contribution is -2.13. The molecule has 1 aromatic heterocycles. The molecule has 1 aliphatic heterocycles. The van der Waals surface area contributed by atoms with Gasteiger partial charge in [0, 0.05) is 28.8 Å². The molecular formula is C11H13BrClNO2. The molecule has 1 unspecified atom stereocenters. The average molecular weight is 307 g/mol. The molecule has 2 rings (SSSR count). The summed E-state index contributed by atoms with van der Waals surface area (Å²) in [5.41, 5.74) is 0.912. The van der Waals surface area contributed by atoms with Gasteiger partial charge in [0.25, 0.3) is 0 Å². The van der Waals surface area contributed by atoms with Gasteiger partial charge < -0.3 is 9.47 Å². The average Bonchev–Trinajstić information content (AvgIpc) is 2.80. The highest BCUT2D eigenvalue weighted by atomic mass is 79.9. The van der Waals surface area contributed by atoms with Crippen molar-refractivity contribution < 1.29 is 9.47 Å². The second-order valence-corrected chi connectivity index (χ2v) is 4.97. The van der Waals surface area contributed by atoms with E-state index in [9.17, 15) is 0 Å². The first kappa shape index (κ1) is 12.1. The van der Waals surface area contributed by atoms with Gasteiger partial charge in [-0.3, -0.25) is 0 Å². The number of halogens is 2. The topological polar surface area (TPSA) is 31.4 Å². The highest BCUT2D eigenvalue weighted by molar-refractivity contribution is 9.10. The molecule has 0 radical (unpaired) electrons. The van der Waals surface area contributed by atoms with Gasteiger partial charge in [0.1, 0.15) is 0 Å². The lowest BCUT2D eigenvalue weighted by Gasteiger charge is -2.11. The molecule has 1 atom stereocenters. The van der Waals surface area contributed by atoms with Gasteiger partial charge in [-0.15, -0.1) is 11.6 Å². The molecule has 3 nitrogen and oxygen atoms in total. The summed E-state index contributed by atoms with van der Waals surface area (Å²) in [6.45, 7) is 2.27. The number of alkyl halides is 1. The van der Waals surface area contributed by atoms with Crippen LogP contribution in [0.15, 0.2) is 16.7 Å². The van der Waals surface area contributed by atoms with Crippen LogP contribution in [0.4, 0.5) is 0 Å². The van der Waals surface area contributed by atoms with Crippen LogP contribution >= 0.6 is 27.5 Å². The standard InChI is InChI=1S/C11H13BrClNO2/c12-10-3-9(4-13)11(14-5-10)16-7-8-1-2-15-6-8/h3,5,8H,1-2,4,6-7H2. The first-order valence-electron chi connectivity index (χ1n) is 5.20. The maximum atomic E-state index is 5.83. The van der Waals surface area contributed by atoms with Crippen molar-refractivity contribution in [2.24, 2.45) is 5.92 Å². The minimum Gasteiger partial charge on any atom is -0.477 e. The van der Waals surface area contributed by atoms with Crippen molar-refractivity contribution in [3.05, 3.63) is 22.3 Å². The largest absolute Gasteiger partial charge is 0.477 e.